The monoisotopic (exact) mass is 356 g/mol. The number of amides is 1. The lowest BCUT2D eigenvalue weighted by Crippen LogP contribution is -2.19. The molecule has 6 heteroatoms. The average molecular weight is 358 g/mol. The number of carbonyl (C=O) groups is 1. The Morgan fingerprint density at radius 2 is 2.16 bits per heavy atom. The first kappa shape index (κ1) is 14.2. The number of hydrazone groups is 1. The van der Waals surface area contributed by atoms with Crippen molar-refractivity contribution in [1.82, 2.24) is 5.43 Å². The van der Waals surface area contributed by atoms with Crippen molar-refractivity contribution < 1.29 is 4.79 Å². The summed E-state index contributed by atoms with van der Waals surface area (Å²) in [5.41, 5.74) is 3.75. The summed E-state index contributed by atoms with van der Waals surface area (Å²) >= 11 is 10.8. The second kappa shape index (κ2) is 6.32. The zero-order valence-corrected chi connectivity index (χ0v) is 13.1. The fourth-order valence-corrected chi connectivity index (χ4v) is 2.91. The topological polar surface area (TPSA) is 41.5 Å². The highest BCUT2D eigenvalue weighted by atomic mass is 79.9. The van der Waals surface area contributed by atoms with E-state index in [9.17, 15) is 4.79 Å². The molecule has 98 valence electrons. The summed E-state index contributed by atoms with van der Waals surface area (Å²) in [5, 5.41) is 4.60. The lowest BCUT2D eigenvalue weighted by molar-refractivity contribution is 0.0955. The molecule has 0 saturated carbocycles. The van der Waals surface area contributed by atoms with E-state index in [1.165, 1.54) is 0 Å². The van der Waals surface area contributed by atoms with E-state index in [4.69, 9.17) is 11.6 Å². The Morgan fingerprint density at radius 3 is 2.79 bits per heavy atom. The molecule has 1 aromatic heterocycles. The summed E-state index contributed by atoms with van der Waals surface area (Å²) in [4.78, 5) is 12.9. The Hall–Kier alpha value is -1.17. The summed E-state index contributed by atoms with van der Waals surface area (Å²) in [6.45, 7) is 1.84. The van der Waals surface area contributed by atoms with Crippen LogP contribution in [0.3, 0.4) is 0 Å². The van der Waals surface area contributed by atoms with E-state index in [-0.39, 0.29) is 5.91 Å². The van der Waals surface area contributed by atoms with Crippen molar-refractivity contribution in [3.8, 4) is 0 Å². The molecule has 0 atom stereocenters. The SMILES string of the molecule is C/C(=N/NC(=O)c1cccc(Cl)c1)c1ccc(Br)s1. The van der Waals surface area contributed by atoms with Gasteiger partial charge >= 0.3 is 0 Å². The minimum Gasteiger partial charge on any atom is -0.267 e. The maximum atomic E-state index is 11.9. The van der Waals surface area contributed by atoms with Gasteiger partial charge < -0.3 is 0 Å². The summed E-state index contributed by atoms with van der Waals surface area (Å²) in [6.07, 6.45) is 0. The van der Waals surface area contributed by atoms with Crippen molar-refractivity contribution >= 4 is 50.5 Å². The van der Waals surface area contributed by atoms with Crippen molar-refractivity contribution in [2.75, 3.05) is 0 Å². The molecular formula is C13H10BrClN2OS. The van der Waals surface area contributed by atoms with E-state index in [1.807, 2.05) is 19.1 Å². The lowest BCUT2D eigenvalue weighted by Gasteiger charge is -2.01. The largest absolute Gasteiger partial charge is 0.271 e. The first-order valence-electron chi connectivity index (χ1n) is 5.42. The fraction of sp³-hybridized carbons (Fsp3) is 0.0769. The van der Waals surface area contributed by atoms with Gasteiger partial charge in [-0.25, -0.2) is 5.43 Å². The normalized spacial score (nSPS) is 11.4. The van der Waals surface area contributed by atoms with Crippen LogP contribution in [-0.4, -0.2) is 11.6 Å². The third-order valence-corrected chi connectivity index (χ3v) is 4.31. The lowest BCUT2D eigenvalue weighted by atomic mass is 10.2. The highest BCUT2D eigenvalue weighted by Gasteiger charge is 2.06. The molecule has 19 heavy (non-hydrogen) atoms. The number of hydrogen-bond acceptors (Lipinski definition) is 3. The first-order valence-corrected chi connectivity index (χ1v) is 7.41. The van der Waals surface area contributed by atoms with Gasteiger partial charge in [0.2, 0.25) is 0 Å². The van der Waals surface area contributed by atoms with Gasteiger partial charge in [0.15, 0.2) is 0 Å². The molecule has 0 saturated heterocycles. The molecule has 3 nitrogen and oxygen atoms in total. The molecule has 2 rings (SSSR count). The van der Waals surface area contributed by atoms with Crippen LogP contribution in [0.2, 0.25) is 5.02 Å². The molecule has 1 amide bonds. The molecule has 1 heterocycles. The number of halogens is 2. The maximum Gasteiger partial charge on any atom is 0.271 e. The van der Waals surface area contributed by atoms with Crippen LogP contribution >= 0.6 is 38.9 Å². The molecule has 1 N–H and O–H groups in total. The van der Waals surface area contributed by atoms with Crippen molar-refractivity contribution in [1.29, 1.82) is 0 Å². The van der Waals surface area contributed by atoms with Crippen LogP contribution in [0.5, 0.6) is 0 Å². The number of thiophene rings is 1. The maximum absolute atomic E-state index is 11.9. The van der Waals surface area contributed by atoms with E-state index in [2.05, 4.69) is 26.5 Å². The second-order valence-corrected chi connectivity index (χ2v) is 6.65. The fourth-order valence-electron chi connectivity index (χ4n) is 1.39. The standard InChI is InChI=1S/C13H10BrClN2OS/c1-8(11-5-6-12(14)19-11)16-17-13(18)9-3-2-4-10(15)7-9/h2-7H,1H3,(H,17,18)/b16-8-. The molecule has 0 radical (unpaired) electrons. The molecule has 0 aliphatic heterocycles. The Morgan fingerprint density at radius 1 is 1.37 bits per heavy atom. The van der Waals surface area contributed by atoms with Crippen molar-refractivity contribution in [3.63, 3.8) is 0 Å². The first-order chi connectivity index (χ1) is 9.06. The van der Waals surface area contributed by atoms with Crippen LogP contribution in [0.4, 0.5) is 0 Å². The van der Waals surface area contributed by atoms with Crippen LogP contribution < -0.4 is 5.43 Å². The molecule has 0 aliphatic rings. The van der Waals surface area contributed by atoms with Crippen LogP contribution in [0, 0.1) is 0 Å². The van der Waals surface area contributed by atoms with Gasteiger partial charge in [-0.1, -0.05) is 17.7 Å². The molecule has 0 aliphatic carbocycles. The van der Waals surface area contributed by atoms with Crippen LogP contribution in [-0.2, 0) is 0 Å². The van der Waals surface area contributed by atoms with Gasteiger partial charge in [-0.3, -0.25) is 4.79 Å². The van der Waals surface area contributed by atoms with E-state index in [0.29, 0.717) is 10.6 Å². The van der Waals surface area contributed by atoms with Gasteiger partial charge in [0.25, 0.3) is 5.91 Å². The predicted molar refractivity (Wildman–Crippen MR) is 83.1 cm³/mol. The molecule has 0 unspecified atom stereocenters. The summed E-state index contributed by atoms with van der Waals surface area (Å²) < 4.78 is 1.03. The Labute approximate surface area is 128 Å². The highest BCUT2D eigenvalue weighted by molar-refractivity contribution is 9.11. The number of nitrogens with zero attached hydrogens (tertiary/aromatic N) is 1. The van der Waals surface area contributed by atoms with Crippen molar-refractivity contribution in [3.05, 3.63) is 55.6 Å². The third-order valence-electron chi connectivity index (χ3n) is 2.34. The third kappa shape index (κ3) is 3.89. The van der Waals surface area contributed by atoms with E-state index < -0.39 is 0 Å². The number of carbonyl (C=O) groups excluding carboxylic acids is 1. The smallest absolute Gasteiger partial charge is 0.267 e. The van der Waals surface area contributed by atoms with Gasteiger partial charge in [-0.2, -0.15) is 5.10 Å². The second-order valence-electron chi connectivity index (χ2n) is 3.75. The number of rotatable bonds is 3. The zero-order valence-electron chi connectivity index (χ0n) is 9.98. The number of hydrogen-bond donors (Lipinski definition) is 1. The average Bonchev–Trinajstić information content (AvgIpc) is 2.82. The van der Waals surface area contributed by atoms with E-state index in [0.717, 1.165) is 14.4 Å². The van der Waals surface area contributed by atoms with Gasteiger partial charge in [0, 0.05) is 10.6 Å². The van der Waals surface area contributed by atoms with Gasteiger partial charge in [-0.05, 0) is 53.2 Å². The minimum atomic E-state index is -0.280. The Kier molecular flexibility index (Phi) is 4.74. The van der Waals surface area contributed by atoms with E-state index in [1.54, 1.807) is 35.6 Å². The van der Waals surface area contributed by atoms with Crippen LogP contribution in [0.15, 0.2) is 45.3 Å². The number of benzene rings is 1. The Bertz CT molecular complexity index is 639. The van der Waals surface area contributed by atoms with Crippen molar-refractivity contribution in [2.45, 2.75) is 6.92 Å². The quantitative estimate of drug-likeness (QED) is 0.645. The van der Waals surface area contributed by atoms with Crippen LogP contribution in [0.25, 0.3) is 0 Å². The van der Waals surface area contributed by atoms with Gasteiger partial charge in [0.05, 0.1) is 14.4 Å². The molecule has 0 spiro atoms. The highest BCUT2D eigenvalue weighted by Crippen LogP contribution is 2.22. The summed E-state index contributed by atoms with van der Waals surface area (Å²) in [5.74, 6) is -0.280. The van der Waals surface area contributed by atoms with Gasteiger partial charge in [-0.15, -0.1) is 11.3 Å². The van der Waals surface area contributed by atoms with Gasteiger partial charge in [0.1, 0.15) is 0 Å². The van der Waals surface area contributed by atoms with E-state index >= 15 is 0 Å². The molecule has 2 aromatic rings. The Balaban J connectivity index is 2.07. The van der Waals surface area contributed by atoms with Crippen LogP contribution in [0.1, 0.15) is 22.2 Å². The minimum absolute atomic E-state index is 0.280. The summed E-state index contributed by atoms with van der Waals surface area (Å²) in [6, 6.07) is 10.6. The molecule has 0 fully saturated rings. The molecular weight excluding hydrogens is 348 g/mol. The summed E-state index contributed by atoms with van der Waals surface area (Å²) in [7, 11) is 0. The molecule has 0 bridgehead atoms. The molecule has 1 aromatic carbocycles. The zero-order chi connectivity index (χ0) is 13.8. The number of nitrogens with one attached hydrogen (secondary N) is 1. The van der Waals surface area contributed by atoms with Crippen molar-refractivity contribution in [2.24, 2.45) is 5.10 Å². The predicted octanol–water partition coefficient (Wildman–Crippen LogP) is 4.32.